The van der Waals surface area contributed by atoms with Gasteiger partial charge in [-0.05, 0) is 18.2 Å². The largest absolute Gasteiger partial charge is 0.474 e. The molecule has 0 saturated heterocycles. The van der Waals surface area contributed by atoms with Crippen molar-refractivity contribution in [3.63, 3.8) is 0 Å². The Hall–Kier alpha value is -2.61. The highest BCUT2D eigenvalue weighted by Crippen LogP contribution is 2.03. The fraction of sp³-hybridized carbons (Fsp3) is 0. The van der Waals surface area contributed by atoms with Gasteiger partial charge in [0.05, 0.1) is 0 Å². The molecule has 0 radical (unpaired) electrons. The minimum absolute atomic E-state index is 0.130. The van der Waals surface area contributed by atoms with Crippen LogP contribution in [-0.4, -0.2) is 22.9 Å². The Morgan fingerprint density at radius 2 is 2.00 bits per heavy atom. The lowest BCUT2D eigenvalue weighted by Gasteiger charge is -2.01. The number of hydrogen-bond acceptors (Lipinski definition) is 3. The maximum absolute atomic E-state index is 11.4. The summed E-state index contributed by atoms with van der Waals surface area (Å²) in [6, 6.07) is 5.95. The van der Waals surface area contributed by atoms with Crippen molar-refractivity contribution in [3.05, 3.63) is 35.4 Å². The second kappa shape index (κ2) is 4.75. The zero-order chi connectivity index (χ0) is 12.1. The molecule has 0 heterocycles. The van der Waals surface area contributed by atoms with Gasteiger partial charge in [0, 0.05) is 11.1 Å². The summed E-state index contributed by atoms with van der Waals surface area (Å²) in [5, 5.41) is 9.98. The molecular formula is C11H7NO4. The van der Waals surface area contributed by atoms with Gasteiger partial charge < -0.3 is 5.11 Å². The van der Waals surface area contributed by atoms with E-state index in [0.29, 0.717) is 5.56 Å². The van der Waals surface area contributed by atoms with Crippen molar-refractivity contribution >= 4 is 17.8 Å². The molecule has 1 aromatic rings. The molecule has 0 aromatic heterocycles. The summed E-state index contributed by atoms with van der Waals surface area (Å²) >= 11 is 0. The van der Waals surface area contributed by atoms with Crippen LogP contribution in [0.15, 0.2) is 24.3 Å². The quantitative estimate of drug-likeness (QED) is 0.512. The first-order valence-electron chi connectivity index (χ1n) is 4.20. The smallest absolute Gasteiger partial charge is 0.394 e. The van der Waals surface area contributed by atoms with E-state index in [1.165, 1.54) is 18.2 Å². The van der Waals surface area contributed by atoms with Gasteiger partial charge in [0.15, 0.2) is 0 Å². The zero-order valence-electron chi connectivity index (χ0n) is 8.06. The van der Waals surface area contributed by atoms with E-state index >= 15 is 0 Å². The standard InChI is InChI=1S/C11H7NO4/c1-2-7-4-3-5-8(6-7)9(13)12-10(14)11(15)16/h1,3-6H,(H,15,16)(H,12,13,14). The maximum Gasteiger partial charge on any atom is 0.394 e. The number of carbonyl (C=O) groups excluding carboxylic acids is 2. The van der Waals surface area contributed by atoms with Crippen LogP contribution in [0, 0.1) is 12.3 Å². The SMILES string of the molecule is C#Cc1cccc(C(=O)NC(=O)C(=O)O)c1. The highest BCUT2D eigenvalue weighted by molar-refractivity contribution is 6.35. The van der Waals surface area contributed by atoms with E-state index in [9.17, 15) is 14.4 Å². The number of aliphatic carboxylic acids is 1. The number of imide groups is 1. The normalized spacial score (nSPS) is 8.94. The van der Waals surface area contributed by atoms with Gasteiger partial charge in [0.1, 0.15) is 0 Å². The van der Waals surface area contributed by atoms with Crippen LogP contribution in [0.25, 0.3) is 0 Å². The third kappa shape index (κ3) is 2.69. The molecule has 1 aromatic carbocycles. The highest BCUT2D eigenvalue weighted by Gasteiger charge is 2.16. The van der Waals surface area contributed by atoms with E-state index < -0.39 is 17.8 Å². The lowest BCUT2D eigenvalue weighted by molar-refractivity contribution is -0.149. The van der Waals surface area contributed by atoms with Crippen LogP contribution < -0.4 is 5.32 Å². The number of amides is 2. The summed E-state index contributed by atoms with van der Waals surface area (Å²) in [6.45, 7) is 0. The van der Waals surface area contributed by atoms with Crippen LogP contribution >= 0.6 is 0 Å². The summed E-state index contributed by atoms with van der Waals surface area (Å²) in [5.41, 5.74) is 0.598. The monoisotopic (exact) mass is 217 g/mol. The lowest BCUT2D eigenvalue weighted by Crippen LogP contribution is -2.35. The van der Waals surface area contributed by atoms with E-state index in [1.807, 2.05) is 0 Å². The second-order valence-electron chi connectivity index (χ2n) is 2.81. The molecule has 1 rings (SSSR count). The van der Waals surface area contributed by atoms with Gasteiger partial charge in [0.25, 0.3) is 5.91 Å². The van der Waals surface area contributed by atoms with Gasteiger partial charge in [-0.15, -0.1) is 6.42 Å². The number of carboxylic acid groups (broad SMARTS) is 1. The van der Waals surface area contributed by atoms with Crippen molar-refractivity contribution < 1.29 is 19.5 Å². The molecule has 0 aliphatic rings. The zero-order valence-corrected chi connectivity index (χ0v) is 8.06. The van der Waals surface area contributed by atoms with E-state index in [-0.39, 0.29) is 5.56 Å². The Bertz CT molecular complexity index is 499. The maximum atomic E-state index is 11.4. The Balaban J connectivity index is 2.85. The minimum Gasteiger partial charge on any atom is -0.474 e. The molecule has 5 heteroatoms. The molecule has 0 unspecified atom stereocenters. The van der Waals surface area contributed by atoms with Gasteiger partial charge in [-0.25, -0.2) is 4.79 Å². The molecule has 0 atom stereocenters. The predicted molar refractivity (Wildman–Crippen MR) is 54.5 cm³/mol. The number of terminal acetylenes is 1. The Labute approximate surface area is 91.1 Å². The topological polar surface area (TPSA) is 83.5 Å². The molecule has 0 bridgehead atoms. The van der Waals surface area contributed by atoms with Crippen LogP contribution in [0.3, 0.4) is 0 Å². The third-order valence-corrected chi connectivity index (χ3v) is 1.71. The first-order valence-corrected chi connectivity index (χ1v) is 4.20. The molecule has 2 amide bonds. The van der Waals surface area contributed by atoms with Gasteiger partial charge >= 0.3 is 11.9 Å². The second-order valence-corrected chi connectivity index (χ2v) is 2.81. The van der Waals surface area contributed by atoms with E-state index in [4.69, 9.17) is 11.5 Å². The van der Waals surface area contributed by atoms with Crippen molar-refractivity contribution in [1.29, 1.82) is 0 Å². The van der Waals surface area contributed by atoms with Crippen LogP contribution in [0.5, 0.6) is 0 Å². The van der Waals surface area contributed by atoms with Gasteiger partial charge in [0.2, 0.25) is 0 Å². The van der Waals surface area contributed by atoms with Crippen LogP contribution in [0.4, 0.5) is 0 Å². The predicted octanol–water partition coefficient (Wildman–Crippen LogP) is 0.00890. The minimum atomic E-state index is -1.72. The third-order valence-electron chi connectivity index (χ3n) is 1.71. The molecule has 0 saturated carbocycles. The fourth-order valence-corrected chi connectivity index (χ4v) is 0.979. The number of nitrogens with one attached hydrogen (secondary N) is 1. The number of rotatable bonds is 1. The summed E-state index contributed by atoms with van der Waals surface area (Å²) in [4.78, 5) is 32.3. The average molecular weight is 217 g/mol. The molecule has 16 heavy (non-hydrogen) atoms. The van der Waals surface area contributed by atoms with Crippen LogP contribution in [0.1, 0.15) is 15.9 Å². The molecular weight excluding hydrogens is 210 g/mol. The fourth-order valence-electron chi connectivity index (χ4n) is 0.979. The molecule has 0 aliphatic carbocycles. The first kappa shape index (κ1) is 11.5. The van der Waals surface area contributed by atoms with Gasteiger partial charge in [-0.3, -0.25) is 14.9 Å². The van der Waals surface area contributed by atoms with E-state index in [0.717, 1.165) is 0 Å². The van der Waals surface area contributed by atoms with Crippen molar-refractivity contribution in [2.45, 2.75) is 0 Å². The molecule has 0 fully saturated rings. The molecule has 0 spiro atoms. The molecule has 2 N–H and O–H groups in total. The van der Waals surface area contributed by atoms with Crippen LogP contribution in [0.2, 0.25) is 0 Å². The number of carbonyl (C=O) groups is 3. The summed E-state index contributed by atoms with van der Waals surface area (Å²) in [6.07, 6.45) is 5.13. The van der Waals surface area contributed by atoms with Crippen molar-refractivity contribution in [2.75, 3.05) is 0 Å². The van der Waals surface area contributed by atoms with Gasteiger partial charge in [-0.2, -0.15) is 0 Å². The molecule has 0 aliphatic heterocycles. The summed E-state index contributed by atoms with van der Waals surface area (Å²) < 4.78 is 0. The number of carboxylic acids is 1. The van der Waals surface area contributed by atoms with Crippen molar-refractivity contribution in [2.24, 2.45) is 0 Å². The average Bonchev–Trinajstić information content (AvgIpc) is 2.28. The Morgan fingerprint density at radius 1 is 1.31 bits per heavy atom. The Morgan fingerprint density at radius 3 is 2.56 bits per heavy atom. The molecule has 5 nitrogen and oxygen atoms in total. The Kier molecular flexibility index (Phi) is 3.41. The highest BCUT2D eigenvalue weighted by atomic mass is 16.4. The summed E-state index contributed by atoms with van der Waals surface area (Å²) in [5.74, 6) is -1.58. The van der Waals surface area contributed by atoms with Crippen molar-refractivity contribution in [1.82, 2.24) is 5.32 Å². The number of hydrogen-bond donors (Lipinski definition) is 2. The van der Waals surface area contributed by atoms with E-state index in [1.54, 1.807) is 11.4 Å². The van der Waals surface area contributed by atoms with E-state index in [2.05, 4.69) is 5.92 Å². The van der Waals surface area contributed by atoms with Crippen LogP contribution in [-0.2, 0) is 9.59 Å². The lowest BCUT2D eigenvalue weighted by atomic mass is 10.1. The summed E-state index contributed by atoms with van der Waals surface area (Å²) in [7, 11) is 0. The van der Waals surface area contributed by atoms with Gasteiger partial charge in [-0.1, -0.05) is 12.0 Å². The first-order chi connectivity index (χ1) is 7.54. The van der Waals surface area contributed by atoms with Crippen molar-refractivity contribution in [3.8, 4) is 12.3 Å². The number of benzene rings is 1. The molecule has 80 valence electrons.